The lowest BCUT2D eigenvalue weighted by Gasteiger charge is -2.15. The maximum atomic E-state index is 3.51. The second kappa shape index (κ2) is 6.35. The molecule has 0 amide bonds. The van der Waals surface area contributed by atoms with E-state index < -0.39 is 0 Å². The van der Waals surface area contributed by atoms with Crippen LogP contribution in [-0.4, -0.2) is 0 Å². The topological polar surface area (TPSA) is 12.0 Å². The van der Waals surface area contributed by atoms with Gasteiger partial charge in [0, 0.05) is 11.4 Å². The monoisotopic (exact) mass is 369 g/mol. The van der Waals surface area contributed by atoms with Crippen molar-refractivity contribution in [1.29, 1.82) is 0 Å². The van der Waals surface area contributed by atoms with Gasteiger partial charge in [-0.25, -0.2) is 0 Å². The Balaban J connectivity index is 1.55. The zero-order valence-electron chi connectivity index (χ0n) is 15.9. The van der Waals surface area contributed by atoms with Crippen LogP contribution in [0.5, 0.6) is 0 Å². The summed E-state index contributed by atoms with van der Waals surface area (Å²) in [7, 11) is 0. The number of benzene rings is 6. The lowest BCUT2D eigenvalue weighted by molar-refractivity contribution is 1.55. The molecule has 0 atom stereocenters. The highest BCUT2D eigenvalue weighted by Crippen LogP contribution is 2.39. The maximum absolute atomic E-state index is 3.51. The lowest BCUT2D eigenvalue weighted by atomic mass is 9.90. The van der Waals surface area contributed by atoms with E-state index >= 15 is 0 Å². The first kappa shape index (κ1) is 16.1. The van der Waals surface area contributed by atoms with Crippen LogP contribution in [0.3, 0.4) is 0 Å². The van der Waals surface area contributed by atoms with Gasteiger partial charge in [0.2, 0.25) is 0 Å². The maximum Gasteiger partial charge on any atom is 0.0390 e. The van der Waals surface area contributed by atoms with E-state index in [0.29, 0.717) is 0 Å². The van der Waals surface area contributed by atoms with Gasteiger partial charge in [0.25, 0.3) is 0 Å². The summed E-state index contributed by atoms with van der Waals surface area (Å²) in [4.78, 5) is 0. The summed E-state index contributed by atoms with van der Waals surface area (Å²) in [6.45, 7) is 0. The van der Waals surface area contributed by atoms with Gasteiger partial charge >= 0.3 is 0 Å². The van der Waals surface area contributed by atoms with Crippen LogP contribution in [0.15, 0.2) is 109 Å². The summed E-state index contributed by atoms with van der Waals surface area (Å²) in [6.07, 6.45) is 0. The van der Waals surface area contributed by atoms with Crippen molar-refractivity contribution in [2.45, 2.75) is 0 Å². The Hall–Kier alpha value is -3.84. The van der Waals surface area contributed by atoms with Gasteiger partial charge in [0.05, 0.1) is 0 Å². The molecule has 0 saturated carbocycles. The highest BCUT2D eigenvalue weighted by molar-refractivity contribution is 6.25. The van der Waals surface area contributed by atoms with Crippen molar-refractivity contribution in [2.24, 2.45) is 0 Å². The van der Waals surface area contributed by atoms with Crippen molar-refractivity contribution in [2.75, 3.05) is 5.32 Å². The summed E-state index contributed by atoms with van der Waals surface area (Å²) in [5.74, 6) is 0. The number of hydrogen-bond acceptors (Lipinski definition) is 1. The fourth-order valence-electron chi connectivity index (χ4n) is 4.44. The Kier molecular flexibility index (Phi) is 3.54. The molecule has 0 aliphatic carbocycles. The molecule has 0 fully saturated rings. The smallest absolute Gasteiger partial charge is 0.0390 e. The molecule has 29 heavy (non-hydrogen) atoms. The molecule has 0 radical (unpaired) electrons. The van der Waals surface area contributed by atoms with E-state index in [1.54, 1.807) is 0 Å². The molecule has 1 heteroatoms. The van der Waals surface area contributed by atoms with Gasteiger partial charge < -0.3 is 5.32 Å². The van der Waals surface area contributed by atoms with Crippen LogP contribution < -0.4 is 5.32 Å². The SMILES string of the molecule is c1ccc(Nc2cccc(-c3ccc4ccc5cccc6ccc3c4c56)c2)cc1. The highest BCUT2D eigenvalue weighted by Gasteiger charge is 2.12. The van der Waals surface area contributed by atoms with Gasteiger partial charge in [-0.1, -0.05) is 84.9 Å². The molecule has 0 saturated heterocycles. The molecule has 1 nitrogen and oxygen atoms in total. The van der Waals surface area contributed by atoms with Gasteiger partial charge in [-0.3, -0.25) is 0 Å². The fraction of sp³-hybridized carbons (Fsp3) is 0. The van der Waals surface area contributed by atoms with Crippen molar-refractivity contribution in [1.82, 2.24) is 0 Å². The fourth-order valence-corrected chi connectivity index (χ4v) is 4.44. The number of hydrogen-bond donors (Lipinski definition) is 1. The van der Waals surface area contributed by atoms with Gasteiger partial charge in [0.1, 0.15) is 0 Å². The van der Waals surface area contributed by atoms with E-state index in [0.717, 1.165) is 11.4 Å². The second-order valence-electron chi connectivity index (χ2n) is 7.54. The van der Waals surface area contributed by atoms with Crippen LogP contribution in [-0.2, 0) is 0 Å². The Morgan fingerprint density at radius 1 is 0.448 bits per heavy atom. The standard InChI is InChI=1S/C28H19N/c1-2-9-23(10-3-1)29-24-11-5-8-22(18-24)25-16-14-21-13-12-19-6-4-7-20-15-17-26(25)28(21)27(19)20/h1-18,29H. The molecular formula is C28H19N. The summed E-state index contributed by atoms with van der Waals surface area (Å²) in [5, 5.41) is 11.4. The first-order valence-electron chi connectivity index (χ1n) is 9.96. The zero-order valence-corrected chi connectivity index (χ0v) is 15.9. The molecule has 0 heterocycles. The van der Waals surface area contributed by atoms with Gasteiger partial charge in [-0.15, -0.1) is 0 Å². The van der Waals surface area contributed by atoms with Crippen LogP contribution in [0.1, 0.15) is 0 Å². The number of nitrogens with one attached hydrogen (secondary N) is 1. The highest BCUT2D eigenvalue weighted by atomic mass is 14.9. The van der Waals surface area contributed by atoms with Crippen LogP contribution in [0.4, 0.5) is 11.4 Å². The predicted molar refractivity (Wildman–Crippen MR) is 125 cm³/mol. The van der Waals surface area contributed by atoms with E-state index in [1.165, 1.54) is 43.4 Å². The Labute approximate surface area is 169 Å². The average Bonchev–Trinajstić information content (AvgIpc) is 2.78. The molecular weight excluding hydrogens is 350 g/mol. The normalized spacial score (nSPS) is 11.4. The third kappa shape index (κ3) is 2.63. The van der Waals surface area contributed by atoms with Crippen molar-refractivity contribution in [3.8, 4) is 11.1 Å². The first-order valence-corrected chi connectivity index (χ1v) is 9.96. The lowest BCUT2D eigenvalue weighted by Crippen LogP contribution is -1.91. The van der Waals surface area contributed by atoms with E-state index in [2.05, 4.69) is 96.3 Å². The minimum atomic E-state index is 1.10. The zero-order chi connectivity index (χ0) is 19.2. The van der Waals surface area contributed by atoms with Crippen molar-refractivity contribution in [3.63, 3.8) is 0 Å². The van der Waals surface area contributed by atoms with Crippen LogP contribution in [0.25, 0.3) is 43.4 Å². The molecule has 6 rings (SSSR count). The molecule has 1 N–H and O–H groups in total. The molecule has 136 valence electrons. The van der Waals surface area contributed by atoms with Crippen LogP contribution in [0, 0.1) is 0 Å². The van der Waals surface area contributed by atoms with Crippen molar-refractivity contribution < 1.29 is 0 Å². The van der Waals surface area contributed by atoms with Gasteiger partial charge in [0.15, 0.2) is 0 Å². The molecule has 0 bridgehead atoms. The molecule has 0 aromatic heterocycles. The summed E-state index contributed by atoms with van der Waals surface area (Å²) in [5.41, 5.74) is 4.69. The Morgan fingerprint density at radius 2 is 1.10 bits per heavy atom. The van der Waals surface area contributed by atoms with Crippen LogP contribution in [0.2, 0.25) is 0 Å². The molecule has 6 aromatic rings. The van der Waals surface area contributed by atoms with E-state index in [4.69, 9.17) is 0 Å². The van der Waals surface area contributed by atoms with Crippen molar-refractivity contribution in [3.05, 3.63) is 109 Å². The largest absolute Gasteiger partial charge is 0.356 e. The van der Waals surface area contributed by atoms with E-state index in [1.807, 2.05) is 18.2 Å². The van der Waals surface area contributed by atoms with E-state index in [-0.39, 0.29) is 0 Å². The quantitative estimate of drug-likeness (QED) is 0.312. The molecule has 0 aliphatic heterocycles. The summed E-state index contributed by atoms with van der Waals surface area (Å²) >= 11 is 0. The molecule has 0 aliphatic rings. The predicted octanol–water partition coefficient (Wildman–Crippen LogP) is 7.99. The van der Waals surface area contributed by atoms with E-state index in [9.17, 15) is 0 Å². The summed E-state index contributed by atoms with van der Waals surface area (Å²) in [6, 6.07) is 39.0. The van der Waals surface area contributed by atoms with Crippen molar-refractivity contribution >= 4 is 43.7 Å². The van der Waals surface area contributed by atoms with Gasteiger partial charge in [-0.05, 0) is 67.7 Å². The average molecular weight is 369 g/mol. The third-order valence-electron chi connectivity index (χ3n) is 5.76. The Morgan fingerprint density at radius 3 is 1.93 bits per heavy atom. The van der Waals surface area contributed by atoms with Gasteiger partial charge in [-0.2, -0.15) is 0 Å². The second-order valence-corrected chi connectivity index (χ2v) is 7.54. The minimum Gasteiger partial charge on any atom is -0.356 e. The number of anilines is 2. The molecule has 0 spiro atoms. The number of para-hydroxylation sites is 1. The third-order valence-corrected chi connectivity index (χ3v) is 5.76. The Bertz CT molecular complexity index is 1450. The summed E-state index contributed by atoms with van der Waals surface area (Å²) < 4.78 is 0. The number of rotatable bonds is 3. The molecule has 6 aromatic carbocycles. The molecule has 0 unspecified atom stereocenters. The van der Waals surface area contributed by atoms with Crippen LogP contribution >= 0.6 is 0 Å². The minimum absolute atomic E-state index is 1.10. The first-order chi connectivity index (χ1) is 14.4.